The van der Waals surface area contributed by atoms with Crippen LogP contribution in [0.5, 0.6) is 0 Å². The van der Waals surface area contributed by atoms with Gasteiger partial charge in [-0.3, -0.25) is 0 Å². The number of aryl methyl sites for hydroxylation is 2. The van der Waals surface area contributed by atoms with E-state index in [9.17, 15) is 0 Å². The van der Waals surface area contributed by atoms with E-state index in [1.54, 1.807) is 0 Å². The highest BCUT2D eigenvalue weighted by Crippen LogP contribution is 2.32. The Morgan fingerprint density at radius 2 is 2.16 bits per heavy atom. The van der Waals surface area contributed by atoms with E-state index in [4.69, 9.17) is 0 Å². The molecule has 1 aromatic heterocycles. The summed E-state index contributed by atoms with van der Waals surface area (Å²) in [5, 5.41) is 4.82. The number of rotatable bonds is 2. The first kappa shape index (κ1) is 12.5. The Kier molecular flexibility index (Phi) is 3.23. The van der Waals surface area contributed by atoms with Gasteiger partial charge in [-0.2, -0.15) is 0 Å². The Balaban J connectivity index is 2.04. The fourth-order valence-electron chi connectivity index (χ4n) is 3.22. The fraction of sp³-hybridized carbons (Fsp3) is 0.500. The van der Waals surface area contributed by atoms with Crippen molar-refractivity contribution in [1.29, 1.82) is 0 Å². The Morgan fingerprint density at radius 3 is 2.95 bits per heavy atom. The minimum Gasteiger partial charge on any atom is -0.369 e. The Labute approximate surface area is 115 Å². The second-order valence-electron chi connectivity index (χ2n) is 5.65. The smallest absolute Gasteiger partial charge is 0.0479 e. The van der Waals surface area contributed by atoms with E-state index >= 15 is 0 Å². The third-order valence-corrected chi connectivity index (χ3v) is 4.47. The molecule has 3 nitrogen and oxygen atoms in total. The number of benzene rings is 1. The summed E-state index contributed by atoms with van der Waals surface area (Å²) in [4.78, 5) is 6.02. The highest BCUT2D eigenvalue weighted by molar-refractivity contribution is 5.96. The molecular formula is C16H23N3. The third kappa shape index (κ3) is 2.12. The number of piperidine rings is 1. The van der Waals surface area contributed by atoms with Crippen LogP contribution in [0.4, 0.5) is 5.69 Å². The number of nitrogens with zero attached hydrogens (tertiary/aromatic N) is 1. The molecule has 1 aliphatic heterocycles. The minimum atomic E-state index is 0.615. The number of hydrogen-bond donors (Lipinski definition) is 2. The number of likely N-dealkylation sites (N-methyl/N-ethyl adjacent to an activating group) is 1. The van der Waals surface area contributed by atoms with Gasteiger partial charge in [-0.05, 0) is 51.4 Å². The molecule has 1 aromatic carbocycles. The van der Waals surface area contributed by atoms with E-state index < -0.39 is 0 Å². The van der Waals surface area contributed by atoms with Gasteiger partial charge in [-0.1, -0.05) is 6.07 Å². The fourth-order valence-corrected chi connectivity index (χ4v) is 3.22. The topological polar surface area (TPSA) is 31.1 Å². The quantitative estimate of drug-likeness (QED) is 0.866. The van der Waals surface area contributed by atoms with E-state index in [1.807, 2.05) is 0 Å². The van der Waals surface area contributed by atoms with Crippen LogP contribution in [-0.4, -0.2) is 31.2 Å². The summed E-state index contributed by atoms with van der Waals surface area (Å²) in [7, 11) is 2.07. The van der Waals surface area contributed by atoms with Crippen LogP contribution in [0.1, 0.15) is 24.1 Å². The molecule has 2 aromatic rings. The highest BCUT2D eigenvalue weighted by Gasteiger charge is 2.21. The van der Waals surface area contributed by atoms with Crippen molar-refractivity contribution in [2.75, 3.05) is 25.0 Å². The van der Waals surface area contributed by atoms with Crippen LogP contribution in [0, 0.1) is 13.8 Å². The molecule has 19 heavy (non-hydrogen) atoms. The lowest BCUT2D eigenvalue weighted by Gasteiger charge is -2.34. The number of nitrogens with one attached hydrogen (secondary N) is 2. The van der Waals surface area contributed by atoms with Crippen molar-refractivity contribution in [3.63, 3.8) is 0 Å². The number of H-pyrrole nitrogens is 1. The molecule has 0 aliphatic carbocycles. The van der Waals surface area contributed by atoms with Gasteiger partial charge in [0.15, 0.2) is 0 Å². The lowest BCUT2D eigenvalue weighted by Crippen LogP contribution is -2.44. The third-order valence-electron chi connectivity index (χ3n) is 4.47. The van der Waals surface area contributed by atoms with E-state index in [0.717, 1.165) is 6.54 Å². The number of aromatic nitrogens is 1. The average molecular weight is 257 g/mol. The predicted octanol–water partition coefficient (Wildman–Crippen LogP) is 2.97. The predicted molar refractivity (Wildman–Crippen MR) is 82.1 cm³/mol. The summed E-state index contributed by atoms with van der Waals surface area (Å²) in [6.45, 7) is 6.66. The number of fused-ring (bicyclic) bond motifs is 1. The van der Waals surface area contributed by atoms with Crippen LogP contribution in [0.3, 0.4) is 0 Å². The van der Waals surface area contributed by atoms with E-state index in [1.165, 1.54) is 47.2 Å². The first-order valence-electron chi connectivity index (χ1n) is 7.21. The van der Waals surface area contributed by atoms with Crippen molar-refractivity contribution in [3.8, 4) is 0 Å². The van der Waals surface area contributed by atoms with Gasteiger partial charge in [-0.25, -0.2) is 0 Å². The summed E-state index contributed by atoms with van der Waals surface area (Å²) in [6.07, 6.45) is 2.55. The van der Waals surface area contributed by atoms with Crippen molar-refractivity contribution < 1.29 is 0 Å². The van der Waals surface area contributed by atoms with Crippen LogP contribution in [0.2, 0.25) is 0 Å². The maximum atomic E-state index is 3.49. The summed E-state index contributed by atoms with van der Waals surface area (Å²) in [5.74, 6) is 0. The molecule has 0 bridgehead atoms. The lowest BCUT2D eigenvalue weighted by molar-refractivity contribution is 0.450. The van der Waals surface area contributed by atoms with Gasteiger partial charge in [-0.15, -0.1) is 0 Å². The Bertz CT molecular complexity index is 585. The van der Waals surface area contributed by atoms with Crippen molar-refractivity contribution in [2.24, 2.45) is 0 Å². The lowest BCUT2D eigenvalue weighted by atomic mass is 10.0. The van der Waals surface area contributed by atoms with Crippen molar-refractivity contribution in [3.05, 3.63) is 29.5 Å². The zero-order valence-corrected chi connectivity index (χ0v) is 12.1. The standard InChI is InChI=1S/C16H23N3/c1-11-12(2)18-14-7-4-8-15(16(11)14)19-9-5-6-13(10-19)17-3/h4,7-8,13,17-18H,5-6,9-10H2,1-3H3. The van der Waals surface area contributed by atoms with Gasteiger partial charge in [0.2, 0.25) is 0 Å². The largest absolute Gasteiger partial charge is 0.369 e. The first-order chi connectivity index (χ1) is 9.20. The molecule has 1 unspecified atom stereocenters. The molecule has 1 aliphatic rings. The van der Waals surface area contributed by atoms with E-state index in [2.05, 4.69) is 54.3 Å². The molecule has 2 N–H and O–H groups in total. The first-order valence-corrected chi connectivity index (χ1v) is 7.21. The molecule has 1 atom stereocenters. The van der Waals surface area contributed by atoms with Crippen LogP contribution < -0.4 is 10.2 Å². The molecule has 3 rings (SSSR count). The van der Waals surface area contributed by atoms with Gasteiger partial charge in [0, 0.05) is 41.4 Å². The average Bonchev–Trinajstić information content (AvgIpc) is 2.74. The second kappa shape index (κ2) is 4.89. The van der Waals surface area contributed by atoms with Gasteiger partial charge >= 0.3 is 0 Å². The van der Waals surface area contributed by atoms with Crippen LogP contribution in [0.15, 0.2) is 18.2 Å². The molecule has 1 saturated heterocycles. The molecule has 1 fully saturated rings. The van der Waals surface area contributed by atoms with Crippen LogP contribution >= 0.6 is 0 Å². The minimum absolute atomic E-state index is 0.615. The molecule has 0 spiro atoms. The highest BCUT2D eigenvalue weighted by atomic mass is 15.2. The number of anilines is 1. The molecule has 102 valence electrons. The van der Waals surface area contributed by atoms with E-state index in [0.29, 0.717) is 6.04 Å². The van der Waals surface area contributed by atoms with E-state index in [-0.39, 0.29) is 0 Å². The summed E-state index contributed by atoms with van der Waals surface area (Å²) in [6, 6.07) is 7.22. The summed E-state index contributed by atoms with van der Waals surface area (Å²) >= 11 is 0. The zero-order valence-electron chi connectivity index (χ0n) is 12.1. The van der Waals surface area contributed by atoms with Crippen molar-refractivity contribution in [2.45, 2.75) is 32.7 Å². The molecular weight excluding hydrogens is 234 g/mol. The maximum absolute atomic E-state index is 3.49. The van der Waals surface area contributed by atoms with Gasteiger partial charge in [0.25, 0.3) is 0 Å². The van der Waals surface area contributed by atoms with Gasteiger partial charge in [0.05, 0.1) is 0 Å². The SMILES string of the molecule is CNC1CCCN(c2cccc3[nH]c(C)c(C)c23)C1. The zero-order chi connectivity index (χ0) is 13.4. The summed E-state index contributed by atoms with van der Waals surface area (Å²) < 4.78 is 0. The normalized spacial score (nSPS) is 20.2. The van der Waals surface area contributed by atoms with Crippen molar-refractivity contribution >= 4 is 16.6 Å². The number of aromatic amines is 1. The Morgan fingerprint density at radius 1 is 1.32 bits per heavy atom. The van der Waals surface area contributed by atoms with Gasteiger partial charge < -0.3 is 15.2 Å². The second-order valence-corrected chi connectivity index (χ2v) is 5.65. The van der Waals surface area contributed by atoms with Crippen molar-refractivity contribution in [1.82, 2.24) is 10.3 Å². The summed E-state index contributed by atoms with van der Waals surface area (Å²) in [5.41, 5.74) is 5.32. The van der Waals surface area contributed by atoms with Crippen LogP contribution in [-0.2, 0) is 0 Å². The van der Waals surface area contributed by atoms with Gasteiger partial charge in [0.1, 0.15) is 0 Å². The molecule has 0 saturated carbocycles. The maximum Gasteiger partial charge on any atom is 0.0479 e. The molecule has 0 radical (unpaired) electrons. The van der Waals surface area contributed by atoms with Crippen LogP contribution in [0.25, 0.3) is 10.9 Å². The monoisotopic (exact) mass is 257 g/mol. The number of hydrogen-bond acceptors (Lipinski definition) is 2. The Hall–Kier alpha value is -1.48. The molecule has 2 heterocycles. The molecule has 0 amide bonds. The molecule has 3 heteroatoms.